The topological polar surface area (TPSA) is 59.2 Å². The number of amides is 1. The van der Waals surface area contributed by atoms with Crippen molar-refractivity contribution in [1.82, 2.24) is 4.98 Å². The van der Waals surface area contributed by atoms with E-state index in [1.54, 1.807) is 12.1 Å². The summed E-state index contributed by atoms with van der Waals surface area (Å²) in [6.07, 6.45) is 2.96. The summed E-state index contributed by atoms with van der Waals surface area (Å²) in [5, 5.41) is 0. The molecule has 2 rings (SSSR count). The van der Waals surface area contributed by atoms with Gasteiger partial charge < -0.3 is 10.6 Å². The zero-order valence-corrected chi connectivity index (χ0v) is 11.7. The molecule has 0 bridgehead atoms. The Balaban J connectivity index is 2.43. The molecule has 0 fully saturated rings. The van der Waals surface area contributed by atoms with Crippen molar-refractivity contribution in [2.75, 3.05) is 17.7 Å². The van der Waals surface area contributed by atoms with Gasteiger partial charge in [0.2, 0.25) is 0 Å². The largest absolute Gasteiger partial charge is 0.396 e. The van der Waals surface area contributed by atoms with Crippen LogP contribution >= 0.6 is 15.9 Å². The molecule has 0 unspecified atom stereocenters. The summed E-state index contributed by atoms with van der Waals surface area (Å²) in [5.41, 5.74) is 6.56. The minimum absolute atomic E-state index is 0.0267. The maximum Gasteiger partial charge on any atom is 0.262 e. The summed E-state index contributed by atoms with van der Waals surface area (Å²) in [6, 6.07) is 5.97. The fourth-order valence-corrected chi connectivity index (χ4v) is 2.20. The second kappa shape index (κ2) is 5.36. The number of carbonyl (C=O) groups excluding carboxylic acids is 1. The first-order chi connectivity index (χ1) is 9.02. The minimum atomic E-state index is -0.584. The van der Waals surface area contributed by atoms with E-state index in [-0.39, 0.29) is 5.56 Å². The molecule has 0 aliphatic carbocycles. The minimum Gasteiger partial charge on any atom is -0.396 e. The summed E-state index contributed by atoms with van der Waals surface area (Å²) < 4.78 is 14.2. The molecule has 6 heteroatoms. The fourth-order valence-electron chi connectivity index (χ4n) is 1.68. The van der Waals surface area contributed by atoms with Crippen LogP contribution in [0.1, 0.15) is 10.4 Å². The van der Waals surface area contributed by atoms with Crippen molar-refractivity contribution in [3.63, 3.8) is 0 Å². The highest BCUT2D eigenvalue weighted by molar-refractivity contribution is 9.10. The molecule has 0 radical (unpaired) electrons. The van der Waals surface area contributed by atoms with Gasteiger partial charge in [-0.15, -0.1) is 0 Å². The molecule has 1 aromatic carbocycles. The number of anilines is 2. The van der Waals surface area contributed by atoms with Crippen molar-refractivity contribution in [2.24, 2.45) is 0 Å². The zero-order chi connectivity index (χ0) is 14.0. The molecule has 1 aromatic heterocycles. The molecule has 1 amide bonds. The molecular weight excluding hydrogens is 313 g/mol. The molecule has 2 N–H and O–H groups in total. The van der Waals surface area contributed by atoms with Crippen LogP contribution in [-0.2, 0) is 0 Å². The number of carbonyl (C=O) groups is 1. The van der Waals surface area contributed by atoms with Crippen molar-refractivity contribution >= 4 is 33.2 Å². The first kappa shape index (κ1) is 13.5. The summed E-state index contributed by atoms with van der Waals surface area (Å²) in [7, 11) is 1.53. The Labute approximate surface area is 118 Å². The number of hydrogen-bond acceptors (Lipinski definition) is 3. The Morgan fingerprint density at radius 1 is 1.42 bits per heavy atom. The molecule has 2 aromatic rings. The number of hydrogen-bond donors (Lipinski definition) is 1. The predicted molar refractivity (Wildman–Crippen MR) is 75.5 cm³/mol. The van der Waals surface area contributed by atoms with Crippen LogP contribution in [-0.4, -0.2) is 17.9 Å². The summed E-state index contributed by atoms with van der Waals surface area (Å²) in [6.45, 7) is 0. The standard InChI is InChI=1S/C13H11BrFN3O/c1-18(11-5-6-17-7-10(11)16)13(19)12-8(14)3-2-4-9(12)15/h2-7H,16H2,1H3. The molecular formula is C13H11BrFN3O. The zero-order valence-electron chi connectivity index (χ0n) is 10.1. The summed E-state index contributed by atoms with van der Waals surface area (Å²) in [4.78, 5) is 17.5. The molecule has 0 saturated carbocycles. The van der Waals surface area contributed by atoms with Crippen molar-refractivity contribution in [2.45, 2.75) is 0 Å². The van der Waals surface area contributed by atoms with E-state index in [2.05, 4.69) is 20.9 Å². The molecule has 0 aliphatic heterocycles. The number of aromatic nitrogens is 1. The smallest absolute Gasteiger partial charge is 0.262 e. The highest BCUT2D eigenvalue weighted by atomic mass is 79.9. The SMILES string of the molecule is CN(C(=O)c1c(F)cccc1Br)c1ccncc1N. The summed E-state index contributed by atoms with van der Waals surface area (Å²) >= 11 is 3.18. The van der Waals surface area contributed by atoms with Gasteiger partial charge in [-0.25, -0.2) is 4.39 Å². The van der Waals surface area contributed by atoms with E-state index in [1.165, 1.54) is 36.5 Å². The Morgan fingerprint density at radius 2 is 2.16 bits per heavy atom. The summed E-state index contributed by atoms with van der Waals surface area (Å²) in [5.74, 6) is -1.07. The van der Waals surface area contributed by atoms with E-state index in [0.29, 0.717) is 15.8 Å². The highest BCUT2D eigenvalue weighted by Gasteiger charge is 2.21. The van der Waals surface area contributed by atoms with Gasteiger partial charge in [0.1, 0.15) is 5.82 Å². The number of pyridine rings is 1. The van der Waals surface area contributed by atoms with Gasteiger partial charge in [0.25, 0.3) is 5.91 Å². The normalized spacial score (nSPS) is 10.3. The Kier molecular flexibility index (Phi) is 3.80. The average molecular weight is 324 g/mol. The number of rotatable bonds is 2. The molecule has 0 spiro atoms. The van der Waals surface area contributed by atoms with Crippen LogP contribution in [0.4, 0.5) is 15.8 Å². The quantitative estimate of drug-likeness (QED) is 0.924. The molecule has 4 nitrogen and oxygen atoms in total. The lowest BCUT2D eigenvalue weighted by Gasteiger charge is -2.19. The van der Waals surface area contributed by atoms with Crippen LogP contribution in [0.25, 0.3) is 0 Å². The Morgan fingerprint density at radius 3 is 2.79 bits per heavy atom. The van der Waals surface area contributed by atoms with Crippen LogP contribution in [0, 0.1) is 5.82 Å². The van der Waals surface area contributed by atoms with Gasteiger partial charge in [-0.2, -0.15) is 0 Å². The van der Waals surface area contributed by atoms with Gasteiger partial charge in [0.05, 0.1) is 23.1 Å². The van der Waals surface area contributed by atoms with Gasteiger partial charge in [-0.3, -0.25) is 9.78 Å². The fraction of sp³-hybridized carbons (Fsp3) is 0.0769. The maximum absolute atomic E-state index is 13.8. The monoisotopic (exact) mass is 323 g/mol. The third-order valence-corrected chi connectivity index (χ3v) is 3.33. The predicted octanol–water partition coefficient (Wildman–Crippen LogP) is 2.84. The Bertz CT molecular complexity index is 613. The van der Waals surface area contributed by atoms with Crippen molar-refractivity contribution in [3.05, 3.63) is 52.5 Å². The number of nitrogens with zero attached hydrogens (tertiary/aromatic N) is 2. The van der Waals surface area contributed by atoms with Crippen LogP contribution in [0.3, 0.4) is 0 Å². The lowest BCUT2D eigenvalue weighted by molar-refractivity contribution is 0.0988. The van der Waals surface area contributed by atoms with Crippen LogP contribution in [0.5, 0.6) is 0 Å². The van der Waals surface area contributed by atoms with Crippen LogP contribution < -0.4 is 10.6 Å². The van der Waals surface area contributed by atoms with E-state index in [9.17, 15) is 9.18 Å². The lowest BCUT2D eigenvalue weighted by Crippen LogP contribution is -2.28. The second-order valence-corrected chi connectivity index (χ2v) is 4.75. The molecule has 0 aliphatic rings. The van der Waals surface area contributed by atoms with Gasteiger partial charge >= 0.3 is 0 Å². The number of benzene rings is 1. The van der Waals surface area contributed by atoms with Gasteiger partial charge in [-0.05, 0) is 34.1 Å². The number of halogens is 2. The van der Waals surface area contributed by atoms with Gasteiger partial charge in [-0.1, -0.05) is 6.07 Å². The average Bonchev–Trinajstić information content (AvgIpc) is 2.38. The third-order valence-electron chi connectivity index (χ3n) is 2.67. The maximum atomic E-state index is 13.8. The van der Waals surface area contributed by atoms with E-state index in [4.69, 9.17) is 5.73 Å². The lowest BCUT2D eigenvalue weighted by atomic mass is 10.1. The number of nitrogens with two attached hydrogens (primary N) is 1. The molecule has 19 heavy (non-hydrogen) atoms. The van der Waals surface area contributed by atoms with Crippen molar-refractivity contribution < 1.29 is 9.18 Å². The van der Waals surface area contributed by atoms with Crippen LogP contribution in [0.2, 0.25) is 0 Å². The van der Waals surface area contributed by atoms with Gasteiger partial charge in [0.15, 0.2) is 0 Å². The molecule has 1 heterocycles. The van der Waals surface area contributed by atoms with Crippen molar-refractivity contribution in [3.8, 4) is 0 Å². The first-order valence-electron chi connectivity index (χ1n) is 5.44. The third kappa shape index (κ3) is 2.58. The van der Waals surface area contributed by atoms with E-state index >= 15 is 0 Å². The highest BCUT2D eigenvalue weighted by Crippen LogP contribution is 2.26. The number of nitrogen functional groups attached to an aromatic ring is 1. The van der Waals surface area contributed by atoms with E-state index in [1.807, 2.05) is 0 Å². The van der Waals surface area contributed by atoms with Gasteiger partial charge in [0, 0.05) is 17.7 Å². The molecule has 0 saturated heterocycles. The van der Waals surface area contributed by atoms with E-state index < -0.39 is 11.7 Å². The Hall–Kier alpha value is -1.95. The first-order valence-corrected chi connectivity index (χ1v) is 6.23. The molecule has 98 valence electrons. The molecule has 0 atom stereocenters. The van der Waals surface area contributed by atoms with E-state index in [0.717, 1.165) is 0 Å². The van der Waals surface area contributed by atoms with Crippen molar-refractivity contribution in [1.29, 1.82) is 0 Å². The van der Waals surface area contributed by atoms with Crippen LogP contribution in [0.15, 0.2) is 41.1 Å². The second-order valence-electron chi connectivity index (χ2n) is 3.90.